The number of nitrogens with zero attached hydrogens (tertiary/aromatic N) is 3. The number of hydrogen-bond acceptors (Lipinski definition) is 7. The molecule has 4 atom stereocenters. The molecule has 3 aliphatic rings. The van der Waals surface area contributed by atoms with Crippen LogP contribution in [-0.2, 0) is 19.7 Å². The molecule has 5 N–H and O–H groups in total. The molecule has 3 aromatic rings. The summed E-state index contributed by atoms with van der Waals surface area (Å²) in [5.41, 5.74) is 11.7. The van der Waals surface area contributed by atoms with Crippen LogP contribution in [0.4, 0.5) is 32.3 Å². The number of likely N-dealkylation sites (tertiary alicyclic amines) is 2. The van der Waals surface area contributed by atoms with Gasteiger partial charge in [-0.2, -0.15) is 0 Å². The van der Waals surface area contributed by atoms with E-state index in [2.05, 4.69) is 60.6 Å². The predicted molar refractivity (Wildman–Crippen MR) is 211 cm³/mol. The van der Waals surface area contributed by atoms with Gasteiger partial charge in [0, 0.05) is 24.5 Å². The van der Waals surface area contributed by atoms with E-state index in [-0.39, 0.29) is 29.3 Å². The minimum absolute atomic E-state index is 0.00837. The number of nitrogens with one attached hydrogen (secondary N) is 2. The van der Waals surface area contributed by atoms with Gasteiger partial charge in [-0.05, 0) is 118 Å². The first-order chi connectivity index (χ1) is 25.5. The molecule has 0 spiro atoms. The number of carbonyl (C=O) groups is 4. The Balaban J connectivity index is 1.25. The van der Waals surface area contributed by atoms with Crippen molar-refractivity contribution in [1.82, 2.24) is 9.80 Å². The molecule has 0 radical (unpaired) electrons. The molecule has 3 unspecified atom stereocenters. The monoisotopic (exact) mass is 738 g/mol. The lowest BCUT2D eigenvalue weighted by Crippen LogP contribution is -2.45. The zero-order valence-corrected chi connectivity index (χ0v) is 32.2. The van der Waals surface area contributed by atoms with Crippen molar-refractivity contribution in [1.29, 1.82) is 0 Å². The first-order valence-electron chi connectivity index (χ1n) is 19.0. The molecule has 12 nitrogen and oxygen atoms in total. The maximum Gasteiger partial charge on any atom is 0.410 e. The Labute approximate surface area is 318 Å². The summed E-state index contributed by atoms with van der Waals surface area (Å²) in [6.07, 6.45) is 2.52. The molecule has 288 valence electrons. The molecule has 0 bridgehead atoms. The Kier molecular flexibility index (Phi) is 10.9. The van der Waals surface area contributed by atoms with E-state index in [1.165, 1.54) is 15.4 Å². The number of anilines is 4. The number of rotatable bonds is 7. The lowest BCUT2D eigenvalue weighted by Gasteiger charge is -2.34. The van der Waals surface area contributed by atoms with E-state index in [4.69, 9.17) is 10.5 Å². The molecule has 0 aliphatic carbocycles. The molecule has 6 rings (SSSR count). The second-order valence-electron chi connectivity index (χ2n) is 16.7. The molecule has 0 aromatic heterocycles. The van der Waals surface area contributed by atoms with Crippen molar-refractivity contribution in [3.8, 4) is 0 Å². The van der Waals surface area contributed by atoms with Crippen molar-refractivity contribution >= 4 is 46.8 Å². The topological polar surface area (TPSA) is 158 Å². The summed E-state index contributed by atoms with van der Waals surface area (Å²) in [5, 5.41) is 15.5. The van der Waals surface area contributed by atoms with Crippen LogP contribution in [0.3, 0.4) is 0 Å². The quantitative estimate of drug-likeness (QED) is 0.177. The Bertz CT molecular complexity index is 1870. The highest BCUT2D eigenvalue weighted by Gasteiger charge is 2.39. The average Bonchev–Trinajstić information content (AvgIpc) is 3.89. The van der Waals surface area contributed by atoms with E-state index in [1.807, 2.05) is 63.2 Å². The molecule has 12 heteroatoms. The minimum Gasteiger partial charge on any atom is -0.465 e. The van der Waals surface area contributed by atoms with Crippen LogP contribution in [0.25, 0.3) is 0 Å². The highest BCUT2D eigenvalue weighted by atomic mass is 16.6. The van der Waals surface area contributed by atoms with E-state index in [0.29, 0.717) is 55.8 Å². The molecule has 3 fully saturated rings. The van der Waals surface area contributed by atoms with E-state index in [9.17, 15) is 24.3 Å². The second kappa shape index (κ2) is 15.2. The van der Waals surface area contributed by atoms with Gasteiger partial charge in [0.05, 0.1) is 23.5 Å². The van der Waals surface area contributed by atoms with Crippen LogP contribution in [0.15, 0.2) is 66.7 Å². The molecule has 3 aromatic carbocycles. The summed E-state index contributed by atoms with van der Waals surface area (Å²) in [7, 11) is 0. The number of nitrogen functional groups attached to an aromatic ring is 1. The van der Waals surface area contributed by atoms with Crippen molar-refractivity contribution in [2.24, 2.45) is 0 Å². The summed E-state index contributed by atoms with van der Waals surface area (Å²) >= 11 is 0. The maximum absolute atomic E-state index is 13.6. The third-order valence-corrected chi connectivity index (χ3v) is 10.7. The smallest absolute Gasteiger partial charge is 0.410 e. The number of nitrogens with two attached hydrogens (primary N) is 1. The highest BCUT2D eigenvalue weighted by molar-refractivity contribution is 5.99. The van der Waals surface area contributed by atoms with Crippen LogP contribution in [0, 0.1) is 0 Å². The summed E-state index contributed by atoms with van der Waals surface area (Å²) in [4.78, 5) is 56.3. The van der Waals surface area contributed by atoms with Gasteiger partial charge in [0.25, 0.3) is 0 Å². The lowest BCUT2D eigenvalue weighted by atomic mass is 9.87. The fourth-order valence-electron chi connectivity index (χ4n) is 7.93. The molecule has 3 aliphatic heterocycles. The van der Waals surface area contributed by atoms with Gasteiger partial charge in [-0.15, -0.1) is 0 Å². The number of ether oxygens (including phenoxy) is 1. The van der Waals surface area contributed by atoms with Gasteiger partial charge in [0.15, 0.2) is 0 Å². The Morgan fingerprint density at radius 3 is 1.87 bits per heavy atom. The minimum atomic E-state index is -1.08. The summed E-state index contributed by atoms with van der Waals surface area (Å²) in [6, 6.07) is 20.9. The number of carboxylic acid groups (broad SMARTS) is 1. The molecule has 3 saturated heterocycles. The highest BCUT2D eigenvalue weighted by Crippen LogP contribution is 2.48. The molecule has 3 heterocycles. The number of benzene rings is 3. The standard InChI is InChI=1S/C42H54N6O6/c1-41(2,3)28-14-18-30(19-15-28)48-33(26-11-16-29(17-12-26)44-37(49)35-9-7-23-46(35)39(51)52)21-22-34(48)27-13-20-31(43)32(25-27)45-38(50)36-10-8-24-47(36)40(53)54-42(4,5)6/h11-20,25,33-36H,7-10,21-24,43H2,1-6H3,(H,44,49)(H,45,50)(H,51,52)/t33?,34?,35?,36-/m0/s1. The Morgan fingerprint density at radius 2 is 1.28 bits per heavy atom. The van der Waals surface area contributed by atoms with Crippen molar-refractivity contribution in [3.63, 3.8) is 0 Å². The van der Waals surface area contributed by atoms with Gasteiger partial charge >= 0.3 is 12.2 Å². The van der Waals surface area contributed by atoms with Crippen LogP contribution in [-0.4, -0.2) is 69.7 Å². The third kappa shape index (κ3) is 8.42. The summed E-state index contributed by atoms with van der Waals surface area (Å²) in [6.45, 7) is 12.8. The van der Waals surface area contributed by atoms with E-state index in [1.54, 1.807) is 0 Å². The largest absolute Gasteiger partial charge is 0.465 e. The van der Waals surface area contributed by atoms with Crippen molar-refractivity contribution < 1.29 is 29.0 Å². The maximum atomic E-state index is 13.6. The Hall–Kier alpha value is -5.26. The van der Waals surface area contributed by atoms with Crippen LogP contribution in [0.5, 0.6) is 0 Å². The van der Waals surface area contributed by atoms with Gasteiger partial charge in [0.2, 0.25) is 11.8 Å². The molecular formula is C42H54N6O6. The SMILES string of the molecule is CC(C)(C)OC(=O)N1CCC[C@H]1C(=O)Nc1cc(C2CCC(c3ccc(NC(=O)C4CCCN4C(=O)O)cc3)N2c2ccc(C(C)(C)C)cc2)ccc1N. The van der Waals surface area contributed by atoms with Gasteiger partial charge in [-0.25, -0.2) is 9.59 Å². The van der Waals surface area contributed by atoms with E-state index < -0.39 is 29.9 Å². The lowest BCUT2D eigenvalue weighted by molar-refractivity contribution is -0.120. The Morgan fingerprint density at radius 1 is 0.722 bits per heavy atom. The second-order valence-corrected chi connectivity index (χ2v) is 16.7. The first kappa shape index (κ1) is 38.5. The molecule has 54 heavy (non-hydrogen) atoms. The molecule has 4 amide bonds. The number of hydrogen-bond donors (Lipinski definition) is 4. The summed E-state index contributed by atoms with van der Waals surface area (Å²) < 4.78 is 5.58. The summed E-state index contributed by atoms with van der Waals surface area (Å²) in [5.74, 6) is -0.613. The van der Waals surface area contributed by atoms with Gasteiger partial charge in [-0.3, -0.25) is 19.4 Å². The number of carbonyl (C=O) groups excluding carboxylic acids is 3. The van der Waals surface area contributed by atoms with Crippen molar-refractivity contribution in [3.05, 3.63) is 83.4 Å². The van der Waals surface area contributed by atoms with Crippen LogP contribution in [0.1, 0.15) is 109 Å². The first-order valence-corrected chi connectivity index (χ1v) is 19.0. The van der Waals surface area contributed by atoms with Gasteiger partial charge in [-0.1, -0.05) is 51.1 Å². The van der Waals surface area contributed by atoms with Gasteiger partial charge < -0.3 is 31.1 Å². The van der Waals surface area contributed by atoms with E-state index in [0.717, 1.165) is 29.7 Å². The van der Waals surface area contributed by atoms with Gasteiger partial charge in [0.1, 0.15) is 17.7 Å². The van der Waals surface area contributed by atoms with Crippen molar-refractivity contribution in [2.75, 3.05) is 34.4 Å². The zero-order chi connectivity index (χ0) is 38.9. The average molecular weight is 739 g/mol. The van der Waals surface area contributed by atoms with Crippen LogP contribution < -0.4 is 21.3 Å². The predicted octanol–water partition coefficient (Wildman–Crippen LogP) is 8.07. The third-order valence-electron chi connectivity index (χ3n) is 10.7. The zero-order valence-electron chi connectivity index (χ0n) is 32.2. The fourth-order valence-corrected chi connectivity index (χ4v) is 7.93. The molecular weight excluding hydrogens is 684 g/mol. The van der Waals surface area contributed by atoms with E-state index >= 15 is 0 Å². The fraction of sp³-hybridized carbons (Fsp3) is 0.476. The van der Waals surface area contributed by atoms with Crippen LogP contribution >= 0.6 is 0 Å². The molecule has 0 saturated carbocycles. The number of amides is 4. The van der Waals surface area contributed by atoms with Crippen LogP contribution in [0.2, 0.25) is 0 Å². The normalized spacial score (nSPS) is 21.6. The van der Waals surface area contributed by atoms with Crippen molar-refractivity contribution in [2.45, 2.75) is 115 Å².